The molecule has 88 valence electrons. The fourth-order valence-electron chi connectivity index (χ4n) is 2.11. The van der Waals surface area contributed by atoms with E-state index in [0.29, 0.717) is 12.2 Å². The second-order valence-corrected chi connectivity index (χ2v) is 3.79. The van der Waals surface area contributed by atoms with E-state index in [9.17, 15) is 4.79 Å². The highest BCUT2D eigenvalue weighted by atomic mass is 16.5. The zero-order valence-electron chi connectivity index (χ0n) is 9.55. The Morgan fingerprint density at radius 2 is 2.25 bits per heavy atom. The molecule has 0 saturated carbocycles. The molecule has 1 aliphatic heterocycles. The second-order valence-electron chi connectivity index (χ2n) is 3.79. The number of H-pyrrole nitrogens is 1. The SMILES string of the molecule is COCc1[nH]c2c(c1C(=O)OC)CCNC2. The Hall–Kier alpha value is -1.33. The van der Waals surface area contributed by atoms with Gasteiger partial charge in [0.15, 0.2) is 0 Å². The molecule has 1 aromatic heterocycles. The van der Waals surface area contributed by atoms with Crippen molar-refractivity contribution in [3.63, 3.8) is 0 Å². The van der Waals surface area contributed by atoms with Gasteiger partial charge in [-0.05, 0) is 18.5 Å². The summed E-state index contributed by atoms with van der Waals surface area (Å²) in [6, 6.07) is 0. The van der Waals surface area contributed by atoms with Crippen molar-refractivity contribution in [1.82, 2.24) is 10.3 Å². The minimum Gasteiger partial charge on any atom is -0.465 e. The van der Waals surface area contributed by atoms with Crippen LogP contribution in [-0.2, 0) is 29.0 Å². The van der Waals surface area contributed by atoms with E-state index in [0.717, 1.165) is 36.5 Å². The maximum atomic E-state index is 11.7. The molecule has 0 aromatic carbocycles. The summed E-state index contributed by atoms with van der Waals surface area (Å²) in [5.74, 6) is -0.286. The molecular formula is C11H16N2O3. The molecule has 5 nitrogen and oxygen atoms in total. The first-order chi connectivity index (χ1) is 7.77. The summed E-state index contributed by atoms with van der Waals surface area (Å²) in [5, 5.41) is 3.26. The number of esters is 1. The number of carbonyl (C=O) groups excluding carboxylic acids is 1. The molecule has 5 heteroatoms. The first-order valence-corrected chi connectivity index (χ1v) is 5.28. The molecule has 16 heavy (non-hydrogen) atoms. The summed E-state index contributed by atoms with van der Waals surface area (Å²) in [5.41, 5.74) is 3.60. The summed E-state index contributed by atoms with van der Waals surface area (Å²) < 4.78 is 9.89. The van der Waals surface area contributed by atoms with Crippen molar-refractivity contribution in [3.05, 3.63) is 22.5 Å². The lowest BCUT2D eigenvalue weighted by Crippen LogP contribution is -2.24. The third-order valence-corrected chi connectivity index (χ3v) is 2.80. The van der Waals surface area contributed by atoms with Gasteiger partial charge in [0.25, 0.3) is 0 Å². The largest absolute Gasteiger partial charge is 0.465 e. The smallest absolute Gasteiger partial charge is 0.340 e. The number of methoxy groups -OCH3 is 2. The van der Waals surface area contributed by atoms with E-state index >= 15 is 0 Å². The average Bonchev–Trinajstić information content (AvgIpc) is 2.66. The van der Waals surface area contributed by atoms with Crippen molar-refractivity contribution in [2.45, 2.75) is 19.6 Å². The minimum absolute atomic E-state index is 0.286. The highest BCUT2D eigenvalue weighted by molar-refractivity contribution is 5.93. The summed E-state index contributed by atoms with van der Waals surface area (Å²) in [6.45, 7) is 2.06. The summed E-state index contributed by atoms with van der Waals surface area (Å²) >= 11 is 0. The molecule has 0 amide bonds. The van der Waals surface area contributed by atoms with Gasteiger partial charge in [0.05, 0.1) is 25.0 Å². The average molecular weight is 224 g/mol. The van der Waals surface area contributed by atoms with Crippen LogP contribution in [0, 0.1) is 0 Å². The summed E-state index contributed by atoms with van der Waals surface area (Å²) in [4.78, 5) is 15.0. The van der Waals surface area contributed by atoms with E-state index in [1.54, 1.807) is 7.11 Å². The van der Waals surface area contributed by atoms with Crippen molar-refractivity contribution in [2.75, 3.05) is 20.8 Å². The van der Waals surface area contributed by atoms with Gasteiger partial charge < -0.3 is 19.8 Å². The molecule has 2 heterocycles. The van der Waals surface area contributed by atoms with E-state index in [1.807, 2.05) is 0 Å². The molecule has 2 rings (SSSR count). The summed E-state index contributed by atoms with van der Waals surface area (Å²) in [6.07, 6.45) is 0.847. The molecule has 0 bridgehead atoms. The molecule has 0 atom stereocenters. The number of nitrogens with one attached hydrogen (secondary N) is 2. The highest BCUT2D eigenvalue weighted by Gasteiger charge is 2.24. The molecule has 0 unspecified atom stereocenters. The number of ether oxygens (including phenoxy) is 2. The number of aromatic nitrogens is 1. The van der Waals surface area contributed by atoms with Crippen molar-refractivity contribution < 1.29 is 14.3 Å². The van der Waals surface area contributed by atoms with Gasteiger partial charge in [-0.2, -0.15) is 0 Å². The Morgan fingerprint density at radius 1 is 1.44 bits per heavy atom. The van der Waals surface area contributed by atoms with Crippen molar-refractivity contribution in [3.8, 4) is 0 Å². The first kappa shape index (κ1) is 11.2. The molecule has 0 aliphatic carbocycles. The van der Waals surface area contributed by atoms with Crippen LogP contribution in [0.4, 0.5) is 0 Å². The number of rotatable bonds is 3. The van der Waals surface area contributed by atoms with Crippen LogP contribution in [0.2, 0.25) is 0 Å². The van der Waals surface area contributed by atoms with Gasteiger partial charge >= 0.3 is 5.97 Å². The summed E-state index contributed by atoms with van der Waals surface area (Å²) in [7, 11) is 3.01. The van der Waals surface area contributed by atoms with Crippen LogP contribution in [-0.4, -0.2) is 31.7 Å². The molecule has 0 spiro atoms. The quantitative estimate of drug-likeness (QED) is 0.738. The molecule has 0 radical (unpaired) electrons. The van der Waals surface area contributed by atoms with Gasteiger partial charge in [-0.3, -0.25) is 0 Å². The Bertz CT molecular complexity index is 398. The zero-order valence-corrected chi connectivity index (χ0v) is 9.55. The molecular weight excluding hydrogens is 208 g/mol. The van der Waals surface area contributed by atoms with Crippen molar-refractivity contribution in [1.29, 1.82) is 0 Å². The van der Waals surface area contributed by atoms with Crippen LogP contribution in [0.5, 0.6) is 0 Å². The highest BCUT2D eigenvalue weighted by Crippen LogP contribution is 2.23. The first-order valence-electron chi connectivity index (χ1n) is 5.28. The number of fused-ring (bicyclic) bond motifs is 1. The number of aromatic amines is 1. The monoisotopic (exact) mass is 224 g/mol. The van der Waals surface area contributed by atoms with Gasteiger partial charge in [0.1, 0.15) is 0 Å². The normalized spacial score (nSPS) is 14.6. The maximum absolute atomic E-state index is 11.7. The van der Waals surface area contributed by atoms with Gasteiger partial charge in [0, 0.05) is 19.3 Å². The Balaban J connectivity index is 2.44. The van der Waals surface area contributed by atoms with Gasteiger partial charge in [-0.25, -0.2) is 4.79 Å². The van der Waals surface area contributed by atoms with E-state index in [-0.39, 0.29) is 5.97 Å². The van der Waals surface area contributed by atoms with Crippen LogP contribution in [0.15, 0.2) is 0 Å². The predicted molar refractivity (Wildman–Crippen MR) is 58.3 cm³/mol. The van der Waals surface area contributed by atoms with Crippen molar-refractivity contribution in [2.24, 2.45) is 0 Å². The second kappa shape index (κ2) is 4.67. The third-order valence-electron chi connectivity index (χ3n) is 2.80. The van der Waals surface area contributed by atoms with Gasteiger partial charge in [-0.1, -0.05) is 0 Å². The molecule has 1 aromatic rings. The standard InChI is InChI=1S/C11H16N2O3/c1-15-6-9-10(11(14)16-2)7-3-4-12-5-8(7)13-9/h12-13H,3-6H2,1-2H3. The van der Waals surface area contributed by atoms with E-state index in [2.05, 4.69) is 10.3 Å². The topological polar surface area (TPSA) is 63.4 Å². The molecule has 1 aliphatic rings. The molecule has 0 fully saturated rings. The fraction of sp³-hybridized carbons (Fsp3) is 0.545. The Kier molecular flexibility index (Phi) is 3.26. The molecule has 0 saturated heterocycles. The zero-order chi connectivity index (χ0) is 11.5. The van der Waals surface area contributed by atoms with E-state index in [4.69, 9.17) is 9.47 Å². The Morgan fingerprint density at radius 3 is 2.94 bits per heavy atom. The van der Waals surface area contributed by atoms with Gasteiger partial charge in [0.2, 0.25) is 0 Å². The maximum Gasteiger partial charge on any atom is 0.340 e. The lowest BCUT2D eigenvalue weighted by Gasteiger charge is -2.13. The van der Waals surface area contributed by atoms with Gasteiger partial charge in [-0.15, -0.1) is 0 Å². The third kappa shape index (κ3) is 1.83. The van der Waals surface area contributed by atoms with E-state index < -0.39 is 0 Å². The fourth-order valence-corrected chi connectivity index (χ4v) is 2.11. The van der Waals surface area contributed by atoms with Crippen LogP contribution in [0.25, 0.3) is 0 Å². The minimum atomic E-state index is -0.286. The lowest BCUT2D eigenvalue weighted by molar-refractivity contribution is 0.0594. The molecule has 2 N–H and O–H groups in total. The van der Waals surface area contributed by atoms with Crippen LogP contribution >= 0.6 is 0 Å². The van der Waals surface area contributed by atoms with Crippen molar-refractivity contribution >= 4 is 5.97 Å². The Labute approximate surface area is 94.1 Å². The van der Waals surface area contributed by atoms with Crippen LogP contribution < -0.4 is 5.32 Å². The predicted octanol–water partition coefficient (Wildman–Crippen LogP) is 0.593. The number of hydrogen-bond acceptors (Lipinski definition) is 4. The van der Waals surface area contributed by atoms with Crippen LogP contribution in [0.1, 0.15) is 27.3 Å². The lowest BCUT2D eigenvalue weighted by atomic mass is 10.0. The van der Waals surface area contributed by atoms with Crippen LogP contribution in [0.3, 0.4) is 0 Å². The number of carbonyl (C=O) groups is 1. The van der Waals surface area contributed by atoms with E-state index in [1.165, 1.54) is 7.11 Å². The number of hydrogen-bond donors (Lipinski definition) is 2.